The normalized spacial score (nSPS) is 12.0. The monoisotopic (exact) mass is 514 g/mol. The Bertz CT molecular complexity index is 1480. The zero-order chi connectivity index (χ0) is 27.0. The lowest BCUT2D eigenvalue weighted by Gasteiger charge is -2.21. The lowest BCUT2D eigenvalue weighted by atomic mass is 10.00. The van der Waals surface area contributed by atoms with E-state index in [9.17, 15) is 18.0 Å². The average molecular weight is 514 g/mol. The molecule has 3 aromatic carbocycles. The number of amides is 1. The van der Waals surface area contributed by atoms with Gasteiger partial charge in [-0.2, -0.15) is 22.0 Å². The van der Waals surface area contributed by atoms with Gasteiger partial charge in [-0.15, -0.1) is 0 Å². The van der Waals surface area contributed by atoms with Gasteiger partial charge in [0, 0.05) is 10.9 Å². The molecule has 37 heavy (non-hydrogen) atoms. The van der Waals surface area contributed by atoms with Crippen LogP contribution in [0.2, 0.25) is 0 Å². The van der Waals surface area contributed by atoms with Crippen LogP contribution in [-0.4, -0.2) is 17.4 Å². The summed E-state index contributed by atoms with van der Waals surface area (Å²) in [6, 6.07) is 15.2. The van der Waals surface area contributed by atoms with E-state index in [2.05, 4.69) is 10.3 Å². The highest BCUT2D eigenvalue weighted by Gasteiger charge is 2.35. The standard InChI is InChI=1S/C28H23F5N2O2/c1-16-11-12-22(17(2)13-16)27(29,30)15-34-26(36)24-21-9-4-5-10-23(21)35-18(3)25(24)37-20-8-6-7-19(14-20)28(31,32)33/h4-14H,15H2,1-3H3,(H,34,36). The van der Waals surface area contributed by atoms with E-state index >= 15 is 8.78 Å². The number of rotatable bonds is 6. The Kier molecular flexibility index (Phi) is 6.90. The van der Waals surface area contributed by atoms with Crippen molar-refractivity contribution in [2.24, 2.45) is 0 Å². The third-order valence-corrected chi connectivity index (χ3v) is 5.87. The molecule has 4 aromatic rings. The Morgan fingerprint density at radius 2 is 1.65 bits per heavy atom. The molecular formula is C28H23F5N2O2. The fourth-order valence-electron chi connectivity index (χ4n) is 4.12. The number of para-hydroxylation sites is 1. The van der Waals surface area contributed by atoms with Crippen LogP contribution in [0.5, 0.6) is 11.5 Å². The number of aromatic nitrogens is 1. The van der Waals surface area contributed by atoms with Crippen LogP contribution >= 0.6 is 0 Å². The van der Waals surface area contributed by atoms with Crippen LogP contribution in [0, 0.1) is 20.8 Å². The van der Waals surface area contributed by atoms with Crippen molar-refractivity contribution < 1.29 is 31.5 Å². The number of halogens is 5. The quantitative estimate of drug-likeness (QED) is 0.271. The number of fused-ring (bicyclic) bond motifs is 1. The first-order chi connectivity index (χ1) is 17.4. The van der Waals surface area contributed by atoms with E-state index in [0.29, 0.717) is 16.5 Å². The van der Waals surface area contributed by atoms with Crippen molar-refractivity contribution in [3.63, 3.8) is 0 Å². The Labute approximate surface area is 210 Å². The maximum absolute atomic E-state index is 15.1. The SMILES string of the molecule is Cc1ccc(C(F)(F)CNC(=O)c2c(Oc3cccc(C(F)(F)F)c3)c(C)nc3ccccc23)c(C)c1. The summed E-state index contributed by atoms with van der Waals surface area (Å²) in [5.41, 5.74) is 0.585. The molecule has 4 nitrogen and oxygen atoms in total. The van der Waals surface area contributed by atoms with Crippen molar-refractivity contribution in [1.29, 1.82) is 0 Å². The van der Waals surface area contributed by atoms with Gasteiger partial charge in [0.15, 0.2) is 5.75 Å². The molecule has 0 aliphatic carbocycles. The van der Waals surface area contributed by atoms with Gasteiger partial charge in [0.05, 0.1) is 28.9 Å². The van der Waals surface area contributed by atoms with Gasteiger partial charge in [-0.25, -0.2) is 4.98 Å². The summed E-state index contributed by atoms with van der Waals surface area (Å²) in [7, 11) is 0. The van der Waals surface area contributed by atoms with Crippen LogP contribution in [0.1, 0.15) is 38.3 Å². The van der Waals surface area contributed by atoms with E-state index in [1.807, 2.05) is 0 Å². The second-order valence-corrected chi connectivity index (χ2v) is 8.75. The maximum atomic E-state index is 15.1. The summed E-state index contributed by atoms with van der Waals surface area (Å²) in [5, 5.41) is 2.59. The summed E-state index contributed by atoms with van der Waals surface area (Å²) in [6.07, 6.45) is -4.60. The van der Waals surface area contributed by atoms with Gasteiger partial charge < -0.3 is 10.1 Å². The van der Waals surface area contributed by atoms with E-state index in [1.54, 1.807) is 50.2 Å². The smallest absolute Gasteiger partial charge is 0.416 e. The van der Waals surface area contributed by atoms with Crippen LogP contribution in [0.3, 0.4) is 0 Å². The zero-order valence-corrected chi connectivity index (χ0v) is 20.2. The van der Waals surface area contributed by atoms with Gasteiger partial charge in [-0.05, 0) is 50.6 Å². The molecular weight excluding hydrogens is 491 g/mol. The minimum Gasteiger partial charge on any atom is -0.455 e. The second kappa shape index (κ2) is 9.80. The van der Waals surface area contributed by atoms with Crippen LogP contribution in [0.25, 0.3) is 10.9 Å². The molecule has 0 bridgehead atoms. The Morgan fingerprint density at radius 1 is 0.919 bits per heavy atom. The molecule has 0 saturated carbocycles. The molecule has 0 radical (unpaired) electrons. The molecule has 9 heteroatoms. The molecule has 0 saturated heterocycles. The predicted molar refractivity (Wildman–Crippen MR) is 130 cm³/mol. The second-order valence-electron chi connectivity index (χ2n) is 8.75. The summed E-state index contributed by atoms with van der Waals surface area (Å²) < 4.78 is 75.5. The summed E-state index contributed by atoms with van der Waals surface area (Å²) in [6.45, 7) is 3.89. The highest BCUT2D eigenvalue weighted by atomic mass is 19.4. The third kappa shape index (κ3) is 5.55. The maximum Gasteiger partial charge on any atom is 0.416 e. The molecule has 1 N–H and O–H groups in total. The third-order valence-electron chi connectivity index (χ3n) is 5.87. The van der Waals surface area contributed by atoms with Gasteiger partial charge in [0.1, 0.15) is 5.75 Å². The number of hydrogen-bond donors (Lipinski definition) is 1. The number of carbonyl (C=O) groups is 1. The van der Waals surface area contributed by atoms with E-state index in [-0.39, 0.29) is 28.3 Å². The first-order valence-corrected chi connectivity index (χ1v) is 11.3. The number of alkyl halides is 5. The first-order valence-electron chi connectivity index (χ1n) is 11.3. The van der Waals surface area contributed by atoms with Crippen LogP contribution in [0.15, 0.2) is 66.7 Å². The Morgan fingerprint density at radius 3 is 2.35 bits per heavy atom. The fraction of sp³-hybridized carbons (Fsp3) is 0.214. The van der Waals surface area contributed by atoms with Crippen LogP contribution in [0.4, 0.5) is 22.0 Å². The number of hydrogen-bond acceptors (Lipinski definition) is 3. The predicted octanol–water partition coefficient (Wildman–Crippen LogP) is 7.49. The van der Waals surface area contributed by atoms with Crippen molar-refractivity contribution >= 4 is 16.8 Å². The van der Waals surface area contributed by atoms with Gasteiger partial charge in [-0.1, -0.05) is 48.0 Å². The van der Waals surface area contributed by atoms with Crippen molar-refractivity contribution in [2.75, 3.05) is 6.54 Å². The van der Waals surface area contributed by atoms with E-state index in [0.717, 1.165) is 17.7 Å². The van der Waals surface area contributed by atoms with Gasteiger partial charge in [0.25, 0.3) is 11.8 Å². The number of ether oxygens (including phenoxy) is 1. The molecule has 0 unspecified atom stereocenters. The summed E-state index contributed by atoms with van der Waals surface area (Å²) in [5.74, 6) is -4.53. The van der Waals surface area contributed by atoms with Crippen molar-refractivity contribution in [2.45, 2.75) is 32.9 Å². The van der Waals surface area contributed by atoms with Gasteiger partial charge >= 0.3 is 6.18 Å². The average Bonchev–Trinajstić information content (AvgIpc) is 2.82. The minimum atomic E-state index is -4.60. The fourth-order valence-corrected chi connectivity index (χ4v) is 4.12. The molecule has 0 spiro atoms. The zero-order valence-electron chi connectivity index (χ0n) is 20.2. The number of pyridine rings is 1. The molecule has 1 aromatic heterocycles. The topological polar surface area (TPSA) is 51.2 Å². The highest BCUT2D eigenvalue weighted by molar-refractivity contribution is 6.09. The molecule has 1 heterocycles. The molecule has 0 fully saturated rings. The lowest BCUT2D eigenvalue weighted by molar-refractivity contribution is -0.137. The molecule has 192 valence electrons. The number of carbonyl (C=O) groups excluding carboxylic acids is 1. The number of aryl methyl sites for hydroxylation is 3. The highest BCUT2D eigenvalue weighted by Crippen LogP contribution is 2.37. The van der Waals surface area contributed by atoms with Crippen molar-refractivity contribution in [1.82, 2.24) is 10.3 Å². The van der Waals surface area contributed by atoms with E-state index in [4.69, 9.17) is 4.74 Å². The van der Waals surface area contributed by atoms with E-state index in [1.165, 1.54) is 25.1 Å². The lowest BCUT2D eigenvalue weighted by Crippen LogP contribution is -2.35. The number of nitrogens with one attached hydrogen (secondary N) is 1. The minimum absolute atomic E-state index is 0.100. The molecule has 0 aliphatic heterocycles. The summed E-state index contributed by atoms with van der Waals surface area (Å²) in [4.78, 5) is 17.7. The number of benzene rings is 3. The number of nitrogens with zero attached hydrogens (tertiary/aromatic N) is 1. The Hall–Kier alpha value is -4.01. The summed E-state index contributed by atoms with van der Waals surface area (Å²) >= 11 is 0. The van der Waals surface area contributed by atoms with Crippen LogP contribution in [-0.2, 0) is 12.1 Å². The van der Waals surface area contributed by atoms with Crippen LogP contribution < -0.4 is 10.1 Å². The van der Waals surface area contributed by atoms with Gasteiger partial charge in [-0.3, -0.25) is 4.79 Å². The molecule has 0 aliphatic rings. The Balaban J connectivity index is 1.72. The van der Waals surface area contributed by atoms with Crippen molar-refractivity contribution in [3.05, 3.63) is 100 Å². The molecule has 1 amide bonds. The molecule has 0 atom stereocenters. The van der Waals surface area contributed by atoms with E-state index < -0.39 is 30.1 Å². The first kappa shape index (κ1) is 26.1. The van der Waals surface area contributed by atoms with Gasteiger partial charge in [0.2, 0.25) is 0 Å². The van der Waals surface area contributed by atoms with Crippen molar-refractivity contribution in [3.8, 4) is 11.5 Å². The largest absolute Gasteiger partial charge is 0.455 e. The molecule has 4 rings (SSSR count).